The molecule has 1 amide bonds. The molecular weight excluding hydrogens is 360 g/mol. The van der Waals surface area contributed by atoms with E-state index in [2.05, 4.69) is 5.32 Å². The molecule has 0 spiro atoms. The zero-order chi connectivity index (χ0) is 20.5. The highest BCUT2D eigenvalue weighted by atomic mass is 19.2. The Hall–Kier alpha value is -2.45. The van der Waals surface area contributed by atoms with Gasteiger partial charge in [-0.3, -0.25) is 10.1 Å². The Kier molecular flexibility index (Phi) is 5.91. The summed E-state index contributed by atoms with van der Waals surface area (Å²) in [4.78, 5) is 24.4. The Labute approximate surface area is 156 Å². The van der Waals surface area contributed by atoms with Gasteiger partial charge in [-0.1, -0.05) is 0 Å². The van der Waals surface area contributed by atoms with Crippen molar-refractivity contribution < 1.29 is 23.2 Å². The lowest BCUT2D eigenvalue weighted by molar-refractivity contribution is -0.384. The minimum atomic E-state index is -1.28. The smallest absolute Gasteiger partial charge is 0.410 e. The van der Waals surface area contributed by atoms with Gasteiger partial charge in [0.1, 0.15) is 5.60 Å². The maximum atomic E-state index is 14.1. The number of nitro benzene ring substituents is 1. The zero-order valence-electron chi connectivity index (χ0n) is 16.1. The zero-order valence-corrected chi connectivity index (χ0v) is 16.1. The van der Waals surface area contributed by atoms with E-state index in [-0.39, 0.29) is 18.1 Å². The molecule has 2 rings (SSSR count). The van der Waals surface area contributed by atoms with E-state index in [1.165, 1.54) is 0 Å². The van der Waals surface area contributed by atoms with Crippen molar-refractivity contribution >= 4 is 17.5 Å². The summed E-state index contributed by atoms with van der Waals surface area (Å²) in [7, 11) is 0. The minimum Gasteiger partial charge on any atom is -0.444 e. The van der Waals surface area contributed by atoms with E-state index in [0.717, 1.165) is 12.1 Å². The SMILES string of the molecule is CC1CC(Nc2c([N+](=O)[O-])ccc(F)c2F)CC(C)N1C(=O)OC(C)(C)C. The van der Waals surface area contributed by atoms with E-state index in [0.29, 0.717) is 12.8 Å². The largest absolute Gasteiger partial charge is 0.444 e. The fraction of sp³-hybridized carbons (Fsp3) is 0.611. The number of hydrogen-bond acceptors (Lipinski definition) is 5. The molecule has 2 atom stereocenters. The number of ether oxygens (including phenoxy) is 1. The lowest BCUT2D eigenvalue weighted by atomic mass is 9.93. The van der Waals surface area contributed by atoms with Crippen LogP contribution in [-0.4, -0.2) is 39.6 Å². The molecule has 2 unspecified atom stereocenters. The highest BCUT2D eigenvalue weighted by Gasteiger charge is 2.37. The van der Waals surface area contributed by atoms with Crippen LogP contribution in [-0.2, 0) is 4.74 Å². The topological polar surface area (TPSA) is 84.7 Å². The summed E-state index contributed by atoms with van der Waals surface area (Å²) in [6.07, 6.45) is 0.386. The number of nitrogens with one attached hydrogen (secondary N) is 1. The second-order valence-electron chi connectivity index (χ2n) is 7.91. The quantitative estimate of drug-likeness (QED) is 0.613. The molecule has 1 fully saturated rings. The highest BCUT2D eigenvalue weighted by molar-refractivity contribution is 5.69. The first-order chi connectivity index (χ1) is 12.4. The number of nitro groups is 1. The Morgan fingerprint density at radius 3 is 2.30 bits per heavy atom. The van der Waals surface area contributed by atoms with Crippen molar-refractivity contribution in [2.75, 3.05) is 5.32 Å². The number of nitrogens with zero attached hydrogens (tertiary/aromatic N) is 2. The van der Waals surface area contributed by atoms with Gasteiger partial charge in [-0.25, -0.2) is 13.6 Å². The van der Waals surface area contributed by atoms with Gasteiger partial charge in [-0.2, -0.15) is 0 Å². The molecule has 0 bridgehead atoms. The Bertz CT molecular complexity index is 724. The van der Waals surface area contributed by atoms with E-state index in [4.69, 9.17) is 4.74 Å². The predicted octanol–water partition coefficient (Wildman–Crippen LogP) is 4.46. The maximum absolute atomic E-state index is 14.1. The van der Waals surface area contributed by atoms with Crippen LogP contribution in [0.3, 0.4) is 0 Å². The second kappa shape index (κ2) is 7.66. The van der Waals surface area contributed by atoms with Gasteiger partial charge in [0.15, 0.2) is 17.3 Å². The summed E-state index contributed by atoms with van der Waals surface area (Å²) in [6.45, 7) is 8.98. The number of likely N-dealkylation sites (tertiary alicyclic amines) is 1. The maximum Gasteiger partial charge on any atom is 0.410 e. The fourth-order valence-electron chi connectivity index (χ4n) is 3.41. The van der Waals surface area contributed by atoms with Crippen molar-refractivity contribution in [1.82, 2.24) is 4.90 Å². The molecule has 0 saturated carbocycles. The van der Waals surface area contributed by atoms with E-state index in [1.807, 2.05) is 13.8 Å². The van der Waals surface area contributed by atoms with Gasteiger partial charge in [0.25, 0.3) is 5.69 Å². The van der Waals surface area contributed by atoms with Crippen LogP contribution in [0.4, 0.5) is 25.0 Å². The summed E-state index contributed by atoms with van der Waals surface area (Å²) in [5.74, 6) is -2.44. The Morgan fingerprint density at radius 1 is 1.26 bits per heavy atom. The summed E-state index contributed by atoms with van der Waals surface area (Å²) < 4.78 is 33.1. The first kappa shape index (κ1) is 20.9. The van der Waals surface area contributed by atoms with Crippen LogP contribution in [0.1, 0.15) is 47.5 Å². The Morgan fingerprint density at radius 2 is 1.81 bits per heavy atom. The first-order valence-corrected chi connectivity index (χ1v) is 8.81. The molecule has 1 heterocycles. The van der Waals surface area contributed by atoms with Gasteiger partial charge in [0, 0.05) is 24.2 Å². The lowest BCUT2D eigenvalue weighted by Crippen LogP contribution is -2.54. The molecule has 1 N–H and O–H groups in total. The number of carbonyl (C=O) groups excluding carboxylic acids is 1. The molecule has 7 nitrogen and oxygen atoms in total. The molecule has 9 heteroatoms. The van der Waals surface area contributed by atoms with Crippen molar-refractivity contribution in [2.45, 2.75) is 71.2 Å². The van der Waals surface area contributed by atoms with Gasteiger partial charge in [0.05, 0.1) is 4.92 Å². The average Bonchev–Trinajstić information content (AvgIpc) is 2.49. The average molecular weight is 385 g/mol. The number of piperidine rings is 1. The lowest BCUT2D eigenvalue weighted by Gasteiger charge is -2.43. The van der Waals surface area contributed by atoms with Crippen LogP contribution in [0.15, 0.2) is 12.1 Å². The number of anilines is 1. The van der Waals surface area contributed by atoms with Crippen molar-refractivity contribution in [2.24, 2.45) is 0 Å². The van der Waals surface area contributed by atoms with Crippen LogP contribution in [0.25, 0.3) is 0 Å². The van der Waals surface area contributed by atoms with Crippen LogP contribution in [0.2, 0.25) is 0 Å². The Balaban J connectivity index is 2.18. The number of benzene rings is 1. The van der Waals surface area contributed by atoms with Gasteiger partial charge in [-0.15, -0.1) is 0 Å². The van der Waals surface area contributed by atoms with E-state index >= 15 is 0 Å². The molecular formula is C18H25F2N3O4. The summed E-state index contributed by atoms with van der Waals surface area (Å²) in [6, 6.07) is 0.829. The first-order valence-electron chi connectivity index (χ1n) is 8.81. The highest BCUT2D eigenvalue weighted by Crippen LogP contribution is 2.33. The third kappa shape index (κ3) is 4.84. The van der Waals surface area contributed by atoms with Crippen molar-refractivity contribution in [3.05, 3.63) is 33.9 Å². The van der Waals surface area contributed by atoms with Crippen LogP contribution in [0.5, 0.6) is 0 Å². The van der Waals surface area contributed by atoms with Gasteiger partial charge in [0.2, 0.25) is 0 Å². The number of halogens is 2. The van der Waals surface area contributed by atoms with Crippen molar-refractivity contribution in [1.29, 1.82) is 0 Å². The predicted molar refractivity (Wildman–Crippen MR) is 96.7 cm³/mol. The molecule has 150 valence electrons. The van der Waals surface area contributed by atoms with Crippen LogP contribution < -0.4 is 5.32 Å². The third-order valence-corrected chi connectivity index (χ3v) is 4.42. The van der Waals surface area contributed by atoms with Crippen molar-refractivity contribution in [3.8, 4) is 0 Å². The number of carbonyl (C=O) groups is 1. The molecule has 1 aliphatic rings. The molecule has 1 aromatic rings. The fourth-order valence-corrected chi connectivity index (χ4v) is 3.41. The number of hydrogen-bond donors (Lipinski definition) is 1. The van der Waals surface area contributed by atoms with E-state index in [1.54, 1.807) is 25.7 Å². The van der Waals surface area contributed by atoms with E-state index in [9.17, 15) is 23.7 Å². The standard InChI is InChI=1S/C18H25F2N3O4/c1-10-8-12(9-11(2)22(10)17(24)27-18(3,4)5)21-16-14(23(25)26)7-6-13(19)15(16)20/h6-7,10-12,21H,8-9H2,1-5H3. The molecule has 1 aromatic carbocycles. The minimum absolute atomic E-state index is 0.239. The second-order valence-corrected chi connectivity index (χ2v) is 7.91. The molecule has 1 saturated heterocycles. The normalized spacial score (nSPS) is 23.1. The monoisotopic (exact) mass is 385 g/mol. The molecule has 0 aromatic heterocycles. The third-order valence-electron chi connectivity index (χ3n) is 4.42. The number of rotatable bonds is 3. The van der Waals surface area contributed by atoms with Crippen molar-refractivity contribution in [3.63, 3.8) is 0 Å². The number of amides is 1. The van der Waals surface area contributed by atoms with Gasteiger partial charge >= 0.3 is 6.09 Å². The molecule has 0 aliphatic carbocycles. The van der Waals surface area contributed by atoms with Crippen LogP contribution >= 0.6 is 0 Å². The summed E-state index contributed by atoms with van der Waals surface area (Å²) in [5, 5.41) is 13.9. The van der Waals surface area contributed by atoms with E-state index < -0.39 is 39.6 Å². The molecule has 0 radical (unpaired) electrons. The molecule has 27 heavy (non-hydrogen) atoms. The summed E-state index contributed by atoms with van der Waals surface area (Å²) in [5.41, 5.74) is -1.62. The van der Waals surface area contributed by atoms with Gasteiger partial charge in [-0.05, 0) is 53.5 Å². The molecule has 1 aliphatic heterocycles. The van der Waals surface area contributed by atoms with Crippen LogP contribution in [0, 0.1) is 21.7 Å². The summed E-state index contributed by atoms with van der Waals surface area (Å²) >= 11 is 0. The van der Waals surface area contributed by atoms with Gasteiger partial charge < -0.3 is 15.0 Å².